The summed E-state index contributed by atoms with van der Waals surface area (Å²) in [6.07, 6.45) is 11.6. The molecule has 1 aromatic heterocycles. The Kier molecular flexibility index (Phi) is 8.33. The van der Waals surface area contributed by atoms with Crippen LogP contribution in [-0.2, 0) is 9.59 Å². The molecule has 2 fully saturated rings. The normalized spacial score (nSPS) is 19.0. The Hall–Kier alpha value is -3.16. The molecule has 0 saturated carbocycles. The van der Waals surface area contributed by atoms with E-state index < -0.39 is 6.04 Å². The molecule has 182 valence electrons. The fourth-order valence-electron chi connectivity index (χ4n) is 4.81. The Balaban J connectivity index is 1.38. The van der Waals surface area contributed by atoms with Gasteiger partial charge in [-0.25, -0.2) is 4.98 Å². The van der Waals surface area contributed by atoms with E-state index in [2.05, 4.69) is 43.4 Å². The summed E-state index contributed by atoms with van der Waals surface area (Å²) in [6.45, 7) is 5.65. The topological polar surface area (TPSA) is 90.5 Å². The number of piperidine rings is 1. The van der Waals surface area contributed by atoms with Crippen LogP contribution in [0.15, 0.2) is 42.9 Å². The minimum absolute atomic E-state index is 0.0596. The van der Waals surface area contributed by atoms with Crippen molar-refractivity contribution >= 4 is 29.0 Å². The lowest BCUT2D eigenvalue weighted by Gasteiger charge is -2.33. The van der Waals surface area contributed by atoms with Gasteiger partial charge in [-0.2, -0.15) is 0 Å². The molecule has 2 amide bonds. The molecule has 2 atom stereocenters. The van der Waals surface area contributed by atoms with Gasteiger partial charge in [-0.3, -0.25) is 14.6 Å². The molecule has 0 radical (unpaired) electrons. The molecular formula is C26H36N6O2. The van der Waals surface area contributed by atoms with Crippen LogP contribution >= 0.6 is 0 Å². The van der Waals surface area contributed by atoms with Crippen LogP contribution in [0.1, 0.15) is 51.9 Å². The SMILES string of the molecule is CCCCC(NC(=O)C1CCCN(c2cnccn2)C1)C(=O)Nc1cccc(N2CCCC2)c1. The van der Waals surface area contributed by atoms with Crippen molar-refractivity contribution in [3.8, 4) is 0 Å². The molecule has 2 aromatic rings. The van der Waals surface area contributed by atoms with Crippen molar-refractivity contribution in [2.45, 2.75) is 57.9 Å². The molecule has 8 heteroatoms. The lowest BCUT2D eigenvalue weighted by atomic mass is 9.96. The van der Waals surface area contributed by atoms with E-state index in [1.807, 2.05) is 18.2 Å². The second-order valence-corrected chi connectivity index (χ2v) is 9.29. The lowest BCUT2D eigenvalue weighted by molar-refractivity contribution is -0.129. The molecule has 4 rings (SSSR count). The summed E-state index contributed by atoms with van der Waals surface area (Å²) in [6, 6.07) is 7.46. The van der Waals surface area contributed by atoms with Crippen LogP contribution in [0, 0.1) is 5.92 Å². The standard InChI is InChI=1S/C26H36N6O2/c1-2-3-11-23(26(34)29-21-9-6-10-22(17-21)31-14-4-5-15-31)30-25(33)20-8-7-16-32(19-20)24-18-27-12-13-28-24/h6,9-10,12-13,17-18,20,23H,2-5,7-8,11,14-16,19H2,1H3,(H,29,34)(H,30,33). The van der Waals surface area contributed by atoms with Gasteiger partial charge in [-0.15, -0.1) is 0 Å². The van der Waals surface area contributed by atoms with Gasteiger partial charge in [0.15, 0.2) is 0 Å². The lowest BCUT2D eigenvalue weighted by Crippen LogP contribution is -2.49. The van der Waals surface area contributed by atoms with E-state index >= 15 is 0 Å². The van der Waals surface area contributed by atoms with Crippen molar-refractivity contribution in [1.82, 2.24) is 15.3 Å². The summed E-state index contributed by atoms with van der Waals surface area (Å²) in [5, 5.41) is 6.11. The molecule has 34 heavy (non-hydrogen) atoms. The number of carbonyl (C=O) groups is 2. The zero-order chi connectivity index (χ0) is 23.8. The van der Waals surface area contributed by atoms with Gasteiger partial charge in [-0.05, 0) is 50.3 Å². The summed E-state index contributed by atoms with van der Waals surface area (Å²) in [4.78, 5) is 39.3. The second kappa shape index (κ2) is 11.8. The Morgan fingerprint density at radius 1 is 1.12 bits per heavy atom. The number of amides is 2. The maximum Gasteiger partial charge on any atom is 0.246 e. The molecule has 3 heterocycles. The summed E-state index contributed by atoms with van der Waals surface area (Å²) < 4.78 is 0. The second-order valence-electron chi connectivity index (χ2n) is 9.29. The predicted octanol–water partition coefficient (Wildman–Crippen LogP) is 3.61. The Morgan fingerprint density at radius 3 is 2.71 bits per heavy atom. The van der Waals surface area contributed by atoms with E-state index in [-0.39, 0.29) is 17.7 Å². The number of nitrogens with zero attached hydrogens (tertiary/aromatic N) is 4. The molecule has 2 aliphatic rings. The van der Waals surface area contributed by atoms with Crippen molar-refractivity contribution in [2.24, 2.45) is 5.92 Å². The summed E-state index contributed by atoms with van der Waals surface area (Å²) in [5.41, 5.74) is 1.91. The summed E-state index contributed by atoms with van der Waals surface area (Å²) in [7, 11) is 0. The van der Waals surface area contributed by atoms with Crippen molar-refractivity contribution in [3.05, 3.63) is 42.9 Å². The van der Waals surface area contributed by atoms with Crippen molar-refractivity contribution < 1.29 is 9.59 Å². The molecule has 2 N–H and O–H groups in total. The molecule has 0 aliphatic carbocycles. The average molecular weight is 465 g/mol. The maximum absolute atomic E-state index is 13.2. The highest BCUT2D eigenvalue weighted by Gasteiger charge is 2.30. The highest BCUT2D eigenvalue weighted by Crippen LogP contribution is 2.24. The first kappa shape index (κ1) is 24.0. The molecule has 0 bridgehead atoms. The van der Waals surface area contributed by atoms with Crippen LogP contribution in [-0.4, -0.2) is 54.0 Å². The third-order valence-electron chi connectivity index (χ3n) is 6.73. The summed E-state index contributed by atoms with van der Waals surface area (Å²) in [5.74, 6) is 0.405. The summed E-state index contributed by atoms with van der Waals surface area (Å²) >= 11 is 0. The van der Waals surface area contributed by atoms with Crippen LogP contribution in [0.3, 0.4) is 0 Å². The smallest absolute Gasteiger partial charge is 0.246 e. The Labute approximate surface area is 202 Å². The highest BCUT2D eigenvalue weighted by atomic mass is 16.2. The number of unbranched alkanes of at least 4 members (excludes halogenated alkanes) is 1. The number of anilines is 3. The monoisotopic (exact) mass is 464 g/mol. The Bertz CT molecular complexity index is 947. The first-order valence-corrected chi connectivity index (χ1v) is 12.6. The van der Waals surface area contributed by atoms with E-state index in [9.17, 15) is 9.59 Å². The number of benzene rings is 1. The maximum atomic E-state index is 13.2. The number of hydrogen-bond donors (Lipinski definition) is 2. The first-order chi connectivity index (χ1) is 16.6. The van der Waals surface area contributed by atoms with Crippen molar-refractivity contribution in [2.75, 3.05) is 41.3 Å². The zero-order valence-corrected chi connectivity index (χ0v) is 20.1. The van der Waals surface area contributed by atoms with Gasteiger partial charge < -0.3 is 20.4 Å². The van der Waals surface area contributed by atoms with Gasteiger partial charge in [0.05, 0.1) is 12.1 Å². The minimum Gasteiger partial charge on any atom is -0.371 e. The van der Waals surface area contributed by atoms with Gasteiger partial charge in [0.2, 0.25) is 11.8 Å². The molecular weight excluding hydrogens is 428 g/mol. The van der Waals surface area contributed by atoms with Crippen LogP contribution in [0.25, 0.3) is 0 Å². The molecule has 2 saturated heterocycles. The number of hydrogen-bond acceptors (Lipinski definition) is 6. The zero-order valence-electron chi connectivity index (χ0n) is 20.1. The van der Waals surface area contributed by atoms with E-state index in [1.165, 1.54) is 12.8 Å². The van der Waals surface area contributed by atoms with Crippen molar-refractivity contribution in [3.63, 3.8) is 0 Å². The van der Waals surface area contributed by atoms with Gasteiger partial charge in [0, 0.05) is 49.9 Å². The largest absolute Gasteiger partial charge is 0.371 e. The van der Waals surface area contributed by atoms with Crippen molar-refractivity contribution in [1.29, 1.82) is 0 Å². The third-order valence-corrected chi connectivity index (χ3v) is 6.73. The Morgan fingerprint density at radius 2 is 1.94 bits per heavy atom. The van der Waals surface area contributed by atoms with Crippen LogP contribution < -0.4 is 20.4 Å². The molecule has 2 aliphatic heterocycles. The molecule has 1 aromatic carbocycles. The quantitative estimate of drug-likeness (QED) is 0.589. The van der Waals surface area contributed by atoms with E-state index in [1.54, 1.807) is 18.6 Å². The van der Waals surface area contributed by atoms with Gasteiger partial charge in [0.1, 0.15) is 11.9 Å². The predicted molar refractivity (Wildman–Crippen MR) is 135 cm³/mol. The molecule has 0 spiro atoms. The minimum atomic E-state index is -0.546. The highest BCUT2D eigenvalue weighted by molar-refractivity contribution is 5.97. The molecule has 8 nitrogen and oxygen atoms in total. The van der Waals surface area contributed by atoms with Gasteiger partial charge >= 0.3 is 0 Å². The van der Waals surface area contributed by atoms with Gasteiger partial charge in [0.25, 0.3) is 0 Å². The van der Waals surface area contributed by atoms with E-state index in [4.69, 9.17) is 0 Å². The fourth-order valence-corrected chi connectivity index (χ4v) is 4.81. The first-order valence-electron chi connectivity index (χ1n) is 12.6. The molecule has 2 unspecified atom stereocenters. The van der Waals surface area contributed by atoms with E-state index in [0.29, 0.717) is 13.0 Å². The van der Waals surface area contributed by atoms with Gasteiger partial charge in [-0.1, -0.05) is 25.8 Å². The average Bonchev–Trinajstić information content (AvgIpc) is 3.42. The van der Waals surface area contributed by atoms with Crippen LogP contribution in [0.4, 0.5) is 17.2 Å². The van der Waals surface area contributed by atoms with Crippen LogP contribution in [0.5, 0.6) is 0 Å². The number of rotatable bonds is 9. The third kappa shape index (κ3) is 6.24. The fraction of sp³-hybridized carbons (Fsp3) is 0.538. The number of nitrogens with one attached hydrogen (secondary N) is 2. The number of carbonyl (C=O) groups excluding carboxylic acids is 2. The number of aromatic nitrogens is 2. The van der Waals surface area contributed by atoms with E-state index in [0.717, 1.165) is 62.5 Å². The van der Waals surface area contributed by atoms with Crippen LogP contribution in [0.2, 0.25) is 0 Å².